The first-order valence-corrected chi connectivity index (χ1v) is 11.5. The first-order chi connectivity index (χ1) is 17.2. The fourth-order valence-corrected chi connectivity index (χ4v) is 4.23. The van der Waals surface area contributed by atoms with Crippen molar-refractivity contribution in [3.8, 4) is 0 Å². The van der Waals surface area contributed by atoms with E-state index < -0.39 is 5.92 Å². The van der Waals surface area contributed by atoms with Crippen LogP contribution >= 0.6 is 0 Å². The van der Waals surface area contributed by atoms with E-state index in [-0.39, 0.29) is 11.5 Å². The molecule has 2 heterocycles. The van der Waals surface area contributed by atoms with E-state index in [0.717, 1.165) is 16.7 Å². The minimum atomic E-state index is -0.407. The summed E-state index contributed by atoms with van der Waals surface area (Å²) in [5.74, 6) is -0.493. The Morgan fingerprint density at radius 2 is 1.46 bits per heavy atom. The van der Waals surface area contributed by atoms with Gasteiger partial charge in [0.2, 0.25) is 5.91 Å². The quantitative estimate of drug-likeness (QED) is 0.381. The summed E-state index contributed by atoms with van der Waals surface area (Å²) in [5, 5.41) is 7.84. The van der Waals surface area contributed by atoms with E-state index in [9.17, 15) is 9.59 Å². The maximum absolute atomic E-state index is 13.2. The molecule has 0 unspecified atom stereocenters. The van der Waals surface area contributed by atoms with E-state index in [4.69, 9.17) is 0 Å². The number of rotatable bonds is 8. The third-order valence-corrected chi connectivity index (χ3v) is 5.97. The number of carbonyl (C=O) groups excluding carboxylic acids is 1. The van der Waals surface area contributed by atoms with Crippen molar-refractivity contribution < 1.29 is 4.79 Å². The highest BCUT2D eigenvalue weighted by Crippen LogP contribution is 2.24. The lowest BCUT2D eigenvalue weighted by atomic mass is 9.90. The standard InChI is InChI=1S/C28H25N5O2/c34-27(25(22-12-6-2-7-13-22)23-14-8-3-9-15-23)29-16-17-33-26-24(18-31-33)28(35)32(20-30-26)19-21-10-4-1-5-11-21/h1-15,18,20,25H,16-17,19H2,(H,29,34). The summed E-state index contributed by atoms with van der Waals surface area (Å²) in [4.78, 5) is 30.6. The highest BCUT2D eigenvalue weighted by molar-refractivity contribution is 5.87. The van der Waals surface area contributed by atoms with Crippen LogP contribution in [0.3, 0.4) is 0 Å². The van der Waals surface area contributed by atoms with Crippen molar-refractivity contribution in [1.29, 1.82) is 0 Å². The average molecular weight is 464 g/mol. The molecule has 0 fully saturated rings. The molecular weight excluding hydrogens is 438 g/mol. The van der Waals surface area contributed by atoms with Crippen molar-refractivity contribution in [3.63, 3.8) is 0 Å². The van der Waals surface area contributed by atoms with Gasteiger partial charge in [0.1, 0.15) is 11.7 Å². The molecule has 0 aliphatic heterocycles. The molecule has 0 saturated carbocycles. The molecule has 174 valence electrons. The summed E-state index contributed by atoms with van der Waals surface area (Å²) in [5.41, 5.74) is 3.26. The molecule has 0 bridgehead atoms. The van der Waals surface area contributed by atoms with Crippen molar-refractivity contribution in [2.45, 2.75) is 19.0 Å². The van der Waals surface area contributed by atoms with Crippen LogP contribution < -0.4 is 10.9 Å². The monoisotopic (exact) mass is 463 g/mol. The highest BCUT2D eigenvalue weighted by Gasteiger charge is 2.22. The summed E-state index contributed by atoms with van der Waals surface area (Å²) in [6.45, 7) is 1.21. The van der Waals surface area contributed by atoms with Gasteiger partial charge >= 0.3 is 0 Å². The largest absolute Gasteiger partial charge is 0.353 e. The maximum Gasteiger partial charge on any atom is 0.264 e. The lowest BCUT2D eigenvalue weighted by Crippen LogP contribution is -2.32. The highest BCUT2D eigenvalue weighted by atomic mass is 16.2. The molecular formula is C28H25N5O2. The molecule has 3 aromatic carbocycles. The Kier molecular flexibility index (Phi) is 6.48. The van der Waals surface area contributed by atoms with Crippen LogP contribution in [0.25, 0.3) is 11.0 Å². The van der Waals surface area contributed by atoms with E-state index in [1.54, 1.807) is 21.8 Å². The van der Waals surface area contributed by atoms with Gasteiger partial charge in [-0.1, -0.05) is 91.0 Å². The molecule has 35 heavy (non-hydrogen) atoms. The van der Waals surface area contributed by atoms with Gasteiger partial charge in [-0.2, -0.15) is 5.10 Å². The molecule has 1 N–H and O–H groups in total. The predicted octanol–water partition coefficient (Wildman–Crippen LogP) is 3.59. The van der Waals surface area contributed by atoms with Crippen LogP contribution in [0.15, 0.2) is 108 Å². The molecule has 2 aromatic heterocycles. The summed E-state index contributed by atoms with van der Waals surface area (Å²) < 4.78 is 3.24. The Morgan fingerprint density at radius 1 is 0.857 bits per heavy atom. The molecule has 0 saturated heterocycles. The number of hydrogen-bond donors (Lipinski definition) is 1. The van der Waals surface area contributed by atoms with Crippen molar-refractivity contribution >= 4 is 16.9 Å². The van der Waals surface area contributed by atoms with Gasteiger partial charge in [-0.3, -0.25) is 14.2 Å². The van der Waals surface area contributed by atoms with Gasteiger partial charge in [0, 0.05) is 6.54 Å². The summed E-state index contributed by atoms with van der Waals surface area (Å²) in [7, 11) is 0. The normalized spacial score (nSPS) is 11.1. The first-order valence-electron chi connectivity index (χ1n) is 11.5. The Hall–Kier alpha value is -4.52. The Balaban J connectivity index is 1.30. The first kappa shape index (κ1) is 22.3. The zero-order chi connectivity index (χ0) is 24.0. The molecule has 0 atom stereocenters. The van der Waals surface area contributed by atoms with E-state index in [1.165, 1.54) is 0 Å². The van der Waals surface area contributed by atoms with Crippen LogP contribution in [0.5, 0.6) is 0 Å². The van der Waals surface area contributed by atoms with Crippen LogP contribution in [0.4, 0.5) is 0 Å². The van der Waals surface area contributed by atoms with Gasteiger partial charge in [0.05, 0.1) is 25.2 Å². The second-order valence-electron chi connectivity index (χ2n) is 8.31. The number of carbonyl (C=O) groups is 1. The molecule has 0 aliphatic carbocycles. The number of nitrogens with one attached hydrogen (secondary N) is 1. The van der Waals surface area contributed by atoms with E-state index in [2.05, 4.69) is 15.4 Å². The number of fused-ring (bicyclic) bond motifs is 1. The average Bonchev–Trinajstić information content (AvgIpc) is 3.31. The summed E-state index contributed by atoms with van der Waals surface area (Å²) in [6, 6.07) is 29.2. The number of benzene rings is 3. The predicted molar refractivity (Wildman–Crippen MR) is 135 cm³/mol. The van der Waals surface area contributed by atoms with Crippen molar-refractivity contribution in [3.05, 3.63) is 131 Å². The van der Waals surface area contributed by atoms with Crippen LogP contribution in [-0.4, -0.2) is 31.8 Å². The summed E-state index contributed by atoms with van der Waals surface area (Å²) in [6.07, 6.45) is 3.10. The van der Waals surface area contributed by atoms with Gasteiger partial charge in [0.25, 0.3) is 5.56 Å². The van der Waals surface area contributed by atoms with Gasteiger partial charge in [-0.25, -0.2) is 9.67 Å². The molecule has 7 nitrogen and oxygen atoms in total. The smallest absolute Gasteiger partial charge is 0.264 e. The Morgan fingerprint density at radius 3 is 2.09 bits per heavy atom. The van der Waals surface area contributed by atoms with Crippen molar-refractivity contribution in [1.82, 2.24) is 24.6 Å². The van der Waals surface area contributed by atoms with Crippen LogP contribution in [0, 0.1) is 0 Å². The Labute approximate surface area is 202 Å². The number of hydrogen-bond acceptors (Lipinski definition) is 4. The summed E-state index contributed by atoms with van der Waals surface area (Å²) >= 11 is 0. The molecule has 0 spiro atoms. The zero-order valence-electron chi connectivity index (χ0n) is 19.1. The SMILES string of the molecule is O=C(NCCn1ncc2c(=O)n(Cc3ccccc3)cnc21)C(c1ccccc1)c1ccccc1. The molecule has 0 radical (unpaired) electrons. The molecule has 5 aromatic rings. The third kappa shape index (κ3) is 4.89. The van der Waals surface area contributed by atoms with Gasteiger partial charge in [-0.15, -0.1) is 0 Å². The Bertz CT molecular complexity index is 1440. The molecule has 5 rings (SSSR count). The van der Waals surface area contributed by atoms with Crippen molar-refractivity contribution in [2.24, 2.45) is 0 Å². The van der Waals surface area contributed by atoms with Crippen LogP contribution in [0.1, 0.15) is 22.6 Å². The third-order valence-electron chi connectivity index (χ3n) is 5.97. The topological polar surface area (TPSA) is 81.8 Å². The molecule has 1 amide bonds. The number of amides is 1. The van der Waals surface area contributed by atoms with Gasteiger partial charge in [0.15, 0.2) is 5.65 Å². The maximum atomic E-state index is 13.2. The van der Waals surface area contributed by atoms with Gasteiger partial charge in [-0.05, 0) is 16.7 Å². The van der Waals surface area contributed by atoms with Gasteiger partial charge < -0.3 is 5.32 Å². The number of nitrogens with zero attached hydrogens (tertiary/aromatic N) is 4. The van der Waals surface area contributed by atoms with E-state index in [1.807, 2.05) is 91.0 Å². The lowest BCUT2D eigenvalue weighted by molar-refractivity contribution is -0.121. The van der Waals surface area contributed by atoms with E-state index >= 15 is 0 Å². The zero-order valence-corrected chi connectivity index (χ0v) is 19.1. The second-order valence-corrected chi connectivity index (χ2v) is 8.31. The van der Waals surface area contributed by atoms with E-state index in [0.29, 0.717) is 30.7 Å². The second kappa shape index (κ2) is 10.2. The van der Waals surface area contributed by atoms with Crippen molar-refractivity contribution in [2.75, 3.05) is 6.54 Å². The fourth-order valence-electron chi connectivity index (χ4n) is 4.23. The van der Waals surface area contributed by atoms with Crippen LogP contribution in [0.2, 0.25) is 0 Å². The van der Waals surface area contributed by atoms with Crippen LogP contribution in [-0.2, 0) is 17.9 Å². The number of aromatic nitrogens is 4. The fraction of sp³-hybridized carbons (Fsp3) is 0.143. The minimum Gasteiger partial charge on any atom is -0.353 e. The molecule has 0 aliphatic rings. The minimum absolute atomic E-state index is 0.0861. The molecule has 7 heteroatoms. The lowest BCUT2D eigenvalue weighted by Gasteiger charge is -2.18.